The number of anilines is 1. The highest BCUT2D eigenvalue weighted by Crippen LogP contribution is 2.27. The summed E-state index contributed by atoms with van der Waals surface area (Å²) in [5.74, 6) is -0.407. The van der Waals surface area contributed by atoms with Crippen LogP contribution in [-0.2, 0) is 0 Å². The minimum absolute atomic E-state index is 0.00497. The molecular weight excluding hydrogens is 243 g/mol. The van der Waals surface area contributed by atoms with Crippen LogP contribution in [0.1, 0.15) is 12.8 Å². The van der Waals surface area contributed by atoms with Crippen LogP contribution in [0.25, 0.3) is 0 Å². The molecule has 1 saturated heterocycles. The topological polar surface area (TPSA) is 49.5 Å². The van der Waals surface area contributed by atoms with Crippen molar-refractivity contribution in [1.29, 1.82) is 0 Å². The fourth-order valence-corrected chi connectivity index (χ4v) is 2.22. The monoisotopic (exact) mass is 258 g/mol. The number of rotatable bonds is 2. The van der Waals surface area contributed by atoms with Gasteiger partial charge in [-0.2, -0.15) is 0 Å². The third kappa shape index (κ3) is 2.70. The van der Waals surface area contributed by atoms with E-state index in [1.54, 1.807) is 12.1 Å². The first-order chi connectivity index (χ1) is 8.04. The van der Waals surface area contributed by atoms with Gasteiger partial charge in [-0.05, 0) is 31.0 Å². The first-order valence-corrected chi connectivity index (χ1v) is 6.02. The molecule has 0 aliphatic carbocycles. The summed E-state index contributed by atoms with van der Waals surface area (Å²) in [5, 5.41) is 9.31. The van der Waals surface area contributed by atoms with Crippen LogP contribution in [0.5, 0.6) is 0 Å². The van der Waals surface area contributed by atoms with E-state index < -0.39 is 11.4 Å². The van der Waals surface area contributed by atoms with Gasteiger partial charge in [0.25, 0.3) is 0 Å². The molecule has 1 aromatic rings. The number of aliphatic hydroxyl groups excluding tert-OH is 1. The Hall–Kier alpha value is -0.840. The molecule has 1 aliphatic heterocycles. The molecule has 3 nitrogen and oxygen atoms in total. The molecule has 5 heteroatoms. The summed E-state index contributed by atoms with van der Waals surface area (Å²) in [6, 6.07) is 4.71. The number of nitrogens with zero attached hydrogens (tertiary/aromatic N) is 1. The quantitative estimate of drug-likeness (QED) is 0.850. The number of nitrogens with two attached hydrogens (primary N) is 1. The molecule has 1 aliphatic rings. The van der Waals surface area contributed by atoms with Crippen molar-refractivity contribution < 1.29 is 9.50 Å². The van der Waals surface area contributed by atoms with Crippen LogP contribution in [0.3, 0.4) is 0 Å². The highest BCUT2D eigenvalue weighted by Gasteiger charge is 2.30. The highest BCUT2D eigenvalue weighted by molar-refractivity contribution is 6.31. The van der Waals surface area contributed by atoms with Crippen LogP contribution in [0.4, 0.5) is 10.1 Å². The summed E-state index contributed by atoms with van der Waals surface area (Å²) in [4.78, 5) is 2.10. The average molecular weight is 259 g/mol. The van der Waals surface area contributed by atoms with Gasteiger partial charge in [0.15, 0.2) is 0 Å². The lowest BCUT2D eigenvalue weighted by molar-refractivity contribution is 0.170. The van der Waals surface area contributed by atoms with Crippen molar-refractivity contribution in [1.82, 2.24) is 0 Å². The molecule has 0 bridgehead atoms. The van der Waals surface area contributed by atoms with Gasteiger partial charge >= 0.3 is 0 Å². The van der Waals surface area contributed by atoms with Crippen LogP contribution >= 0.6 is 11.6 Å². The zero-order valence-corrected chi connectivity index (χ0v) is 10.3. The molecule has 1 fully saturated rings. The van der Waals surface area contributed by atoms with Crippen LogP contribution in [-0.4, -0.2) is 30.3 Å². The van der Waals surface area contributed by atoms with E-state index in [-0.39, 0.29) is 11.6 Å². The summed E-state index contributed by atoms with van der Waals surface area (Å²) in [6.07, 6.45) is 1.44. The van der Waals surface area contributed by atoms with Crippen LogP contribution < -0.4 is 10.6 Å². The third-order valence-electron chi connectivity index (χ3n) is 3.34. The van der Waals surface area contributed by atoms with Crippen molar-refractivity contribution in [3.63, 3.8) is 0 Å². The molecule has 3 N–H and O–H groups in total. The Morgan fingerprint density at radius 1 is 1.41 bits per heavy atom. The van der Waals surface area contributed by atoms with Crippen molar-refractivity contribution in [2.45, 2.75) is 18.4 Å². The lowest BCUT2D eigenvalue weighted by Gasteiger charge is -2.39. The van der Waals surface area contributed by atoms with E-state index in [0.29, 0.717) is 0 Å². The van der Waals surface area contributed by atoms with E-state index in [9.17, 15) is 9.50 Å². The molecule has 1 heterocycles. The first kappa shape index (κ1) is 12.6. The van der Waals surface area contributed by atoms with Crippen molar-refractivity contribution in [2.24, 2.45) is 5.73 Å². The number of benzene rings is 1. The summed E-state index contributed by atoms with van der Waals surface area (Å²) in [7, 11) is 0. The summed E-state index contributed by atoms with van der Waals surface area (Å²) in [5.41, 5.74) is 6.42. The Kier molecular flexibility index (Phi) is 3.56. The second-order valence-electron chi connectivity index (χ2n) is 4.61. The molecule has 0 spiro atoms. The van der Waals surface area contributed by atoms with Gasteiger partial charge in [0.2, 0.25) is 0 Å². The fraction of sp³-hybridized carbons (Fsp3) is 0.500. The molecular formula is C12H16ClFN2O. The van der Waals surface area contributed by atoms with Gasteiger partial charge in [-0.1, -0.05) is 11.6 Å². The maximum atomic E-state index is 13.0. The highest BCUT2D eigenvalue weighted by atomic mass is 35.5. The summed E-state index contributed by atoms with van der Waals surface area (Å²) >= 11 is 5.75. The molecule has 0 saturated carbocycles. The number of hydrogen-bond acceptors (Lipinski definition) is 3. The van der Waals surface area contributed by atoms with Crippen molar-refractivity contribution >= 4 is 17.3 Å². The zero-order valence-electron chi connectivity index (χ0n) is 9.50. The fourth-order valence-electron chi connectivity index (χ4n) is 2.05. The smallest absolute Gasteiger partial charge is 0.141 e. The molecule has 1 aromatic carbocycles. The van der Waals surface area contributed by atoms with Gasteiger partial charge in [0.05, 0.1) is 11.6 Å². The average Bonchev–Trinajstić information content (AvgIpc) is 2.34. The predicted molar refractivity (Wildman–Crippen MR) is 66.9 cm³/mol. The minimum Gasteiger partial charge on any atom is -0.394 e. The maximum absolute atomic E-state index is 13.0. The van der Waals surface area contributed by atoms with Crippen molar-refractivity contribution in [2.75, 3.05) is 24.6 Å². The van der Waals surface area contributed by atoms with Gasteiger partial charge in [-0.3, -0.25) is 0 Å². The van der Waals surface area contributed by atoms with Crippen LogP contribution in [0, 0.1) is 5.82 Å². The van der Waals surface area contributed by atoms with E-state index in [0.717, 1.165) is 31.6 Å². The number of aliphatic hydroxyl groups is 1. The largest absolute Gasteiger partial charge is 0.394 e. The van der Waals surface area contributed by atoms with Gasteiger partial charge in [-0.25, -0.2) is 4.39 Å². The summed E-state index contributed by atoms with van der Waals surface area (Å²) in [6.45, 7) is 1.50. The van der Waals surface area contributed by atoms with Gasteiger partial charge in [0, 0.05) is 24.3 Å². The lowest BCUT2D eigenvalue weighted by Crippen LogP contribution is -2.52. The van der Waals surface area contributed by atoms with E-state index >= 15 is 0 Å². The molecule has 2 rings (SSSR count). The minimum atomic E-state index is -0.472. The molecule has 0 aromatic heterocycles. The Bertz CT molecular complexity index is 405. The first-order valence-electron chi connectivity index (χ1n) is 5.64. The molecule has 0 atom stereocenters. The predicted octanol–water partition coefficient (Wildman–Crippen LogP) is 1.77. The Labute approximate surface area is 105 Å². The van der Waals surface area contributed by atoms with Crippen molar-refractivity contribution in [3.8, 4) is 0 Å². The molecule has 94 valence electrons. The SMILES string of the molecule is NC1(CO)CCN(c2ccc(F)c(Cl)c2)CC1. The second kappa shape index (κ2) is 4.80. The molecule has 0 amide bonds. The second-order valence-corrected chi connectivity index (χ2v) is 5.01. The standard InChI is InChI=1S/C12H16ClFN2O/c13-10-7-9(1-2-11(10)14)16-5-3-12(15,8-17)4-6-16/h1-2,7,17H,3-6,8,15H2. The Morgan fingerprint density at radius 2 is 2.06 bits per heavy atom. The zero-order chi connectivity index (χ0) is 12.5. The van der Waals surface area contributed by atoms with Crippen molar-refractivity contribution in [3.05, 3.63) is 29.0 Å². The molecule has 0 radical (unpaired) electrons. The molecule has 17 heavy (non-hydrogen) atoms. The normalized spacial score (nSPS) is 19.4. The molecule has 0 unspecified atom stereocenters. The van der Waals surface area contributed by atoms with E-state index in [1.807, 2.05) is 0 Å². The van der Waals surface area contributed by atoms with Crippen LogP contribution in [0.15, 0.2) is 18.2 Å². The Balaban J connectivity index is 2.08. The van der Waals surface area contributed by atoms with Gasteiger partial charge < -0.3 is 15.7 Å². The maximum Gasteiger partial charge on any atom is 0.141 e. The van der Waals surface area contributed by atoms with E-state index in [1.165, 1.54) is 6.07 Å². The lowest BCUT2D eigenvalue weighted by atomic mass is 9.89. The van der Waals surface area contributed by atoms with Gasteiger partial charge in [0.1, 0.15) is 5.82 Å². The number of hydrogen-bond donors (Lipinski definition) is 2. The van der Waals surface area contributed by atoms with Crippen LogP contribution in [0.2, 0.25) is 5.02 Å². The third-order valence-corrected chi connectivity index (χ3v) is 3.63. The number of piperidine rings is 1. The van der Waals surface area contributed by atoms with E-state index in [4.69, 9.17) is 17.3 Å². The summed E-state index contributed by atoms with van der Waals surface area (Å²) < 4.78 is 13.0. The Morgan fingerprint density at radius 3 is 2.59 bits per heavy atom. The number of halogens is 2. The van der Waals surface area contributed by atoms with Gasteiger partial charge in [-0.15, -0.1) is 0 Å². The van der Waals surface area contributed by atoms with E-state index in [2.05, 4.69) is 4.90 Å².